The van der Waals surface area contributed by atoms with Gasteiger partial charge in [0.25, 0.3) is 0 Å². The van der Waals surface area contributed by atoms with Crippen molar-refractivity contribution < 1.29 is 4.74 Å². The number of hydrogen-bond acceptors (Lipinski definition) is 3. The lowest BCUT2D eigenvalue weighted by atomic mass is 9.85. The van der Waals surface area contributed by atoms with Gasteiger partial charge in [0, 0.05) is 38.8 Å². The second-order valence-corrected chi connectivity index (χ2v) is 5.35. The molecular formula is C15H22N2O. The number of piperazine rings is 1. The molecule has 1 aliphatic carbocycles. The fourth-order valence-corrected chi connectivity index (χ4v) is 3.14. The van der Waals surface area contributed by atoms with Crippen LogP contribution in [0.5, 0.6) is 0 Å². The molecule has 1 saturated heterocycles. The average molecular weight is 246 g/mol. The van der Waals surface area contributed by atoms with Crippen LogP contribution in [0, 0.1) is 0 Å². The van der Waals surface area contributed by atoms with Crippen molar-refractivity contribution in [3.05, 3.63) is 35.9 Å². The molecule has 0 amide bonds. The van der Waals surface area contributed by atoms with Crippen LogP contribution < -0.4 is 5.32 Å². The highest BCUT2D eigenvalue weighted by Gasteiger charge is 2.38. The molecule has 1 saturated carbocycles. The van der Waals surface area contributed by atoms with E-state index in [4.69, 9.17) is 4.74 Å². The Labute approximate surface area is 109 Å². The van der Waals surface area contributed by atoms with Crippen molar-refractivity contribution in [2.45, 2.75) is 31.0 Å². The van der Waals surface area contributed by atoms with Crippen LogP contribution in [-0.4, -0.2) is 43.8 Å². The Balaban J connectivity index is 1.71. The molecule has 98 valence electrons. The van der Waals surface area contributed by atoms with Crippen molar-refractivity contribution in [2.24, 2.45) is 0 Å². The van der Waals surface area contributed by atoms with Crippen LogP contribution in [0.4, 0.5) is 0 Å². The van der Waals surface area contributed by atoms with Crippen molar-refractivity contribution in [1.82, 2.24) is 10.2 Å². The van der Waals surface area contributed by atoms with Gasteiger partial charge in [-0.1, -0.05) is 30.3 Å². The van der Waals surface area contributed by atoms with Crippen LogP contribution in [0.15, 0.2) is 30.3 Å². The van der Waals surface area contributed by atoms with E-state index in [-0.39, 0.29) is 0 Å². The number of benzene rings is 1. The zero-order valence-electron chi connectivity index (χ0n) is 11.0. The molecule has 0 radical (unpaired) electrons. The third-order valence-electron chi connectivity index (χ3n) is 4.34. The summed E-state index contributed by atoms with van der Waals surface area (Å²) in [5, 5.41) is 3.52. The van der Waals surface area contributed by atoms with Crippen LogP contribution in [0.2, 0.25) is 0 Å². The van der Waals surface area contributed by atoms with E-state index in [0.717, 1.165) is 19.6 Å². The second kappa shape index (κ2) is 5.39. The van der Waals surface area contributed by atoms with Crippen LogP contribution >= 0.6 is 0 Å². The van der Waals surface area contributed by atoms with Crippen molar-refractivity contribution in [2.75, 3.05) is 26.7 Å². The van der Waals surface area contributed by atoms with Crippen LogP contribution in [0.3, 0.4) is 0 Å². The Morgan fingerprint density at radius 2 is 2.00 bits per heavy atom. The first-order valence-electron chi connectivity index (χ1n) is 6.92. The number of nitrogens with zero attached hydrogens (tertiary/aromatic N) is 1. The Morgan fingerprint density at radius 3 is 2.72 bits per heavy atom. The van der Waals surface area contributed by atoms with Gasteiger partial charge in [0.2, 0.25) is 0 Å². The van der Waals surface area contributed by atoms with Crippen molar-refractivity contribution in [3.8, 4) is 0 Å². The normalized spacial score (nSPS) is 33.1. The molecule has 3 heteroatoms. The maximum Gasteiger partial charge on any atom is 0.0601 e. The second-order valence-electron chi connectivity index (χ2n) is 5.35. The first-order chi connectivity index (χ1) is 8.88. The summed E-state index contributed by atoms with van der Waals surface area (Å²) in [7, 11) is 1.83. The Kier molecular flexibility index (Phi) is 3.64. The van der Waals surface area contributed by atoms with Gasteiger partial charge in [-0.25, -0.2) is 0 Å². The molecule has 2 fully saturated rings. The number of nitrogens with one attached hydrogen (secondary N) is 1. The lowest BCUT2D eigenvalue weighted by Crippen LogP contribution is -2.55. The van der Waals surface area contributed by atoms with E-state index >= 15 is 0 Å². The molecule has 1 aromatic rings. The molecule has 2 aliphatic rings. The molecule has 0 bridgehead atoms. The summed E-state index contributed by atoms with van der Waals surface area (Å²) in [6.07, 6.45) is 2.88. The van der Waals surface area contributed by atoms with Gasteiger partial charge in [-0.3, -0.25) is 4.90 Å². The molecule has 1 aliphatic heterocycles. The minimum atomic E-state index is 0.487. The summed E-state index contributed by atoms with van der Waals surface area (Å²) in [4.78, 5) is 2.67. The maximum atomic E-state index is 5.41. The lowest BCUT2D eigenvalue weighted by Gasteiger charge is -2.48. The highest BCUT2D eigenvalue weighted by atomic mass is 16.5. The molecular weight excluding hydrogens is 224 g/mol. The molecule has 1 unspecified atom stereocenters. The summed E-state index contributed by atoms with van der Waals surface area (Å²) in [6.45, 7) is 3.33. The quantitative estimate of drug-likeness (QED) is 0.880. The zero-order valence-corrected chi connectivity index (χ0v) is 11.0. The van der Waals surface area contributed by atoms with E-state index in [0.29, 0.717) is 18.2 Å². The van der Waals surface area contributed by atoms with Gasteiger partial charge in [0.05, 0.1) is 6.10 Å². The number of ether oxygens (including phenoxy) is 1. The smallest absolute Gasteiger partial charge is 0.0601 e. The first-order valence-corrected chi connectivity index (χ1v) is 6.92. The summed E-state index contributed by atoms with van der Waals surface area (Å²) in [6, 6.07) is 12.1. The molecule has 3 rings (SSSR count). The maximum absolute atomic E-state index is 5.41. The molecule has 1 atom stereocenters. The molecule has 1 heterocycles. The minimum absolute atomic E-state index is 0.487. The Bertz CT molecular complexity index is 375. The van der Waals surface area contributed by atoms with Crippen LogP contribution in [-0.2, 0) is 4.74 Å². The van der Waals surface area contributed by atoms with Gasteiger partial charge in [-0.05, 0) is 18.4 Å². The number of methoxy groups -OCH3 is 1. The monoisotopic (exact) mass is 246 g/mol. The Hall–Kier alpha value is -0.900. The zero-order chi connectivity index (χ0) is 12.4. The summed E-state index contributed by atoms with van der Waals surface area (Å²) < 4.78 is 5.41. The Morgan fingerprint density at radius 1 is 1.22 bits per heavy atom. The predicted octanol–water partition coefficient (Wildman–Crippen LogP) is 1.81. The first kappa shape index (κ1) is 12.2. The fourth-order valence-electron chi connectivity index (χ4n) is 3.14. The number of rotatable bonds is 3. The van der Waals surface area contributed by atoms with Gasteiger partial charge in [-0.2, -0.15) is 0 Å². The summed E-state index contributed by atoms with van der Waals surface area (Å²) >= 11 is 0. The van der Waals surface area contributed by atoms with Crippen molar-refractivity contribution >= 4 is 0 Å². The molecule has 0 spiro atoms. The van der Waals surface area contributed by atoms with Crippen molar-refractivity contribution in [1.29, 1.82) is 0 Å². The minimum Gasteiger partial charge on any atom is -0.381 e. The molecule has 1 aromatic carbocycles. The molecule has 1 N–H and O–H groups in total. The molecule has 18 heavy (non-hydrogen) atoms. The van der Waals surface area contributed by atoms with E-state index in [1.54, 1.807) is 0 Å². The van der Waals surface area contributed by atoms with Crippen LogP contribution in [0.25, 0.3) is 0 Å². The molecule has 0 aromatic heterocycles. The van der Waals surface area contributed by atoms with Crippen molar-refractivity contribution in [3.63, 3.8) is 0 Å². The van der Waals surface area contributed by atoms with Gasteiger partial charge in [-0.15, -0.1) is 0 Å². The highest BCUT2D eigenvalue weighted by molar-refractivity contribution is 5.20. The third kappa shape index (κ3) is 2.30. The van der Waals surface area contributed by atoms with E-state index < -0.39 is 0 Å². The largest absolute Gasteiger partial charge is 0.381 e. The van der Waals surface area contributed by atoms with E-state index in [2.05, 4.69) is 40.5 Å². The van der Waals surface area contributed by atoms with E-state index in [9.17, 15) is 0 Å². The van der Waals surface area contributed by atoms with E-state index in [1.165, 1.54) is 18.4 Å². The van der Waals surface area contributed by atoms with Gasteiger partial charge >= 0.3 is 0 Å². The predicted molar refractivity (Wildman–Crippen MR) is 72.6 cm³/mol. The third-order valence-corrected chi connectivity index (χ3v) is 4.34. The fraction of sp³-hybridized carbons (Fsp3) is 0.600. The summed E-state index contributed by atoms with van der Waals surface area (Å²) in [5.74, 6) is 0. The summed E-state index contributed by atoms with van der Waals surface area (Å²) in [5.41, 5.74) is 1.44. The van der Waals surface area contributed by atoms with Gasteiger partial charge in [0.1, 0.15) is 0 Å². The molecule has 3 nitrogen and oxygen atoms in total. The van der Waals surface area contributed by atoms with Gasteiger partial charge in [0.15, 0.2) is 0 Å². The number of hydrogen-bond donors (Lipinski definition) is 1. The standard InChI is InChI=1S/C15H22N2O/c1-18-14-9-13(10-14)17-8-7-16-11-15(17)12-5-3-2-4-6-12/h2-6,13-16H,7-11H2,1H3. The average Bonchev–Trinajstić information content (AvgIpc) is 2.39. The lowest BCUT2D eigenvalue weighted by molar-refractivity contribution is -0.0468. The van der Waals surface area contributed by atoms with Gasteiger partial charge < -0.3 is 10.1 Å². The SMILES string of the molecule is COC1CC(N2CCNCC2c2ccccc2)C1. The highest BCUT2D eigenvalue weighted by Crippen LogP contribution is 2.34. The topological polar surface area (TPSA) is 24.5 Å². The van der Waals surface area contributed by atoms with Crippen LogP contribution in [0.1, 0.15) is 24.4 Å². The van der Waals surface area contributed by atoms with E-state index in [1.807, 2.05) is 7.11 Å².